The van der Waals surface area contributed by atoms with Crippen LogP contribution in [0.5, 0.6) is 5.75 Å². The van der Waals surface area contributed by atoms with E-state index in [4.69, 9.17) is 9.47 Å². The molecule has 0 unspecified atom stereocenters. The molecule has 3 saturated heterocycles. The van der Waals surface area contributed by atoms with Crippen molar-refractivity contribution in [3.63, 3.8) is 0 Å². The number of imide groups is 1. The Morgan fingerprint density at radius 2 is 1.77 bits per heavy atom. The molecule has 3 fully saturated rings. The molecule has 1 spiro atoms. The second-order valence-electron chi connectivity index (χ2n) is 12.7. The number of nitrogens with zero attached hydrogens (tertiary/aromatic N) is 3. The number of piperidine rings is 3. The molecule has 5 aliphatic heterocycles. The second kappa shape index (κ2) is 9.50. The summed E-state index contributed by atoms with van der Waals surface area (Å²) in [5.74, 6) is -0.0357. The fourth-order valence-electron chi connectivity index (χ4n) is 6.95. The maximum absolute atomic E-state index is 13.2. The minimum atomic E-state index is -0.626. The number of hydrogen-bond donors (Lipinski definition) is 1. The summed E-state index contributed by atoms with van der Waals surface area (Å²) in [5, 5.41) is 2.37. The molecule has 10 nitrogen and oxygen atoms in total. The van der Waals surface area contributed by atoms with E-state index in [9.17, 15) is 19.2 Å². The quantitative estimate of drug-likeness (QED) is 0.577. The van der Waals surface area contributed by atoms with Gasteiger partial charge in [-0.25, -0.2) is 4.79 Å². The number of carbonyl (C=O) groups excluding carboxylic acids is 4. The Morgan fingerprint density at radius 1 is 1.05 bits per heavy atom. The molecule has 0 saturated carbocycles. The summed E-state index contributed by atoms with van der Waals surface area (Å²) in [6.07, 6.45) is 4.23. The average Bonchev–Trinajstić information content (AvgIpc) is 3.42. The van der Waals surface area contributed by atoms with Crippen LogP contribution in [-0.2, 0) is 26.3 Å². The lowest BCUT2D eigenvalue weighted by Gasteiger charge is -2.44. The van der Waals surface area contributed by atoms with Gasteiger partial charge in [0.05, 0.1) is 13.2 Å². The lowest BCUT2D eigenvalue weighted by Crippen LogP contribution is -2.52. The predicted octanol–water partition coefficient (Wildman–Crippen LogP) is 2.57. The number of nitrogens with one attached hydrogen (secondary N) is 1. The number of rotatable bonds is 2. The predicted molar refractivity (Wildman–Crippen MR) is 141 cm³/mol. The van der Waals surface area contributed by atoms with Gasteiger partial charge in [-0.3, -0.25) is 19.7 Å². The molecule has 1 aromatic rings. The average molecular weight is 539 g/mol. The van der Waals surface area contributed by atoms with Gasteiger partial charge in [0.25, 0.3) is 5.91 Å². The first-order chi connectivity index (χ1) is 18.5. The van der Waals surface area contributed by atoms with Gasteiger partial charge in [0.2, 0.25) is 11.8 Å². The Kier molecular flexibility index (Phi) is 6.36. The molecule has 39 heavy (non-hydrogen) atoms. The Bertz CT molecular complexity index is 1210. The molecule has 1 aromatic carbocycles. The van der Waals surface area contributed by atoms with E-state index in [0.717, 1.165) is 63.2 Å². The number of benzene rings is 1. The first-order valence-electron chi connectivity index (χ1n) is 14.2. The molecule has 5 aliphatic rings. The molecule has 0 aliphatic carbocycles. The van der Waals surface area contributed by atoms with E-state index in [2.05, 4.69) is 16.3 Å². The lowest BCUT2D eigenvalue weighted by molar-refractivity contribution is -0.136. The number of ether oxygens (including phenoxy) is 2. The highest BCUT2D eigenvalue weighted by Crippen LogP contribution is 2.50. The van der Waals surface area contributed by atoms with Crippen molar-refractivity contribution in [3.05, 3.63) is 28.8 Å². The molecule has 0 bridgehead atoms. The van der Waals surface area contributed by atoms with Crippen LogP contribution < -0.4 is 10.1 Å². The molecule has 1 atom stereocenters. The Hall–Kier alpha value is -3.14. The van der Waals surface area contributed by atoms with Crippen molar-refractivity contribution in [3.8, 4) is 5.75 Å². The van der Waals surface area contributed by atoms with Gasteiger partial charge in [-0.2, -0.15) is 0 Å². The summed E-state index contributed by atoms with van der Waals surface area (Å²) in [4.78, 5) is 55.7. The fourth-order valence-corrected chi connectivity index (χ4v) is 6.95. The van der Waals surface area contributed by atoms with Crippen LogP contribution in [0.25, 0.3) is 0 Å². The van der Waals surface area contributed by atoms with Gasteiger partial charge in [0, 0.05) is 47.7 Å². The first-order valence-corrected chi connectivity index (χ1v) is 14.2. The van der Waals surface area contributed by atoms with Gasteiger partial charge < -0.3 is 24.2 Å². The third-order valence-corrected chi connectivity index (χ3v) is 9.12. The van der Waals surface area contributed by atoms with E-state index < -0.39 is 17.6 Å². The van der Waals surface area contributed by atoms with Crippen molar-refractivity contribution < 1.29 is 28.7 Å². The summed E-state index contributed by atoms with van der Waals surface area (Å²) in [5.41, 5.74) is 2.11. The summed E-state index contributed by atoms with van der Waals surface area (Å²) < 4.78 is 11.9. The lowest BCUT2D eigenvalue weighted by atomic mass is 9.73. The standard InChI is InChI=1S/C29H38N4O6/c1-28(2,3)39-27(37)32-12-8-18(9-13-32)31-14-10-29(11-15-31)17-38-24-20-16-33(22-6-7-23(34)30-25(22)35)26(36)19(20)4-5-21(24)29/h4-5,18,22H,6-17H2,1-3H3,(H,30,34,35)/t22-/m0/s1. The summed E-state index contributed by atoms with van der Waals surface area (Å²) >= 11 is 0. The molecule has 5 heterocycles. The number of carbonyl (C=O) groups is 4. The number of fused-ring (bicyclic) bond motifs is 4. The molecule has 0 aromatic heterocycles. The van der Waals surface area contributed by atoms with Crippen molar-refractivity contribution >= 4 is 23.8 Å². The molecule has 0 radical (unpaired) electrons. The van der Waals surface area contributed by atoms with E-state index >= 15 is 0 Å². The van der Waals surface area contributed by atoms with Gasteiger partial charge in [-0.05, 0) is 72.0 Å². The van der Waals surface area contributed by atoms with Gasteiger partial charge in [0.15, 0.2) is 0 Å². The number of likely N-dealkylation sites (tertiary alicyclic amines) is 2. The first kappa shape index (κ1) is 26.1. The van der Waals surface area contributed by atoms with Crippen LogP contribution in [0.2, 0.25) is 0 Å². The Balaban J connectivity index is 1.09. The van der Waals surface area contributed by atoms with Crippen LogP contribution in [0.3, 0.4) is 0 Å². The van der Waals surface area contributed by atoms with Crippen molar-refractivity contribution in [1.29, 1.82) is 0 Å². The van der Waals surface area contributed by atoms with Crippen molar-refractivity contribution in [1.82, 2.24) is 20.0 Å². The summed E-state index contributed by atoms with van der Waals surface area (Å²) in [6, 6.07) is 3.79. The second-order valence-corrected chi connectivity index (χ2v) is 12.7. The zero-order chi connectivity index (χ0) is 27.5. The summed E-state index contributed by atoms with van der Waals surface area (Å²) in [6.45, 7) is 10.0. The van der Waals surface area contributed by atoms with Gasteiger partial charge in [-0.15, -0.1) is 0 Å². The zero-order valence-corrected chi connectivity index (χ0v) is 23.1. The maximum atomic E-state index is 13.2. The molecule has 6 rings (SSSR count). The highest BCUT2D eigenvalue weighted by atomic mass is 16.6. The minimum Gasteiger partial charge on any atom is -0.492 e. The number of amides is 4. The molecule has 10 heteroatoms. The SMILES string of the molecule is CC(C)(C)OC(=O)N1CCC(N2CCC3(CC2)COc2c3ccc3c2CN([C@H]2CCC(=O)NC2=O)C3=O)CC1. The molecule has 1 N–H and O–H groups in total. The monoisotopic (exact) mass is 538 g/mol. The van der Waals surface area contributed by atoms with Crippen molar-refractivity contribution in [2.75, 3.05) is 32.8 Å². The van der Waals surface area contributed by atoms with Crippen molar-refractivity contribution in [2.24, 2.45) is 0 Å². The highest BCUT2D eigenvalue weighted by molar-refractivity contribution is 6.05. The Labute approximate surface area is 228 Å². The summed E-state index contributed by atoms with van der Waals surface area (Å²) in [7, 11) is 0. The molecule has 4 amide bonds. The van der Waals surface area contributed by atoms with Crippen LogP contribution in [-0.4, -0.2) is 89.0 Å². The molecular weight excluding hydrogens is 500 g/mol. The Morgan fingerprint density at radius 3 is 2.44 bits per heavy atom. The van der Waals surface area contributed by atoms with E-state index in [1.807, 2.05) is 31.7 Å². The topological polar surface area (TPSA) is 108 Å². The third kappa shape index (κ3) is 4.66. The molecular formula is C29H38N4O6. The van der Waals surface area contributed by atoms with E-state index in [1.165, 1.54) is 5.56 Å². The maximum Gasteiger partial charge on any atom is 0.410 e. The molecule has 210 valence electrons. The fraction of sp³-hybridized carbons (Fsp3) is 0.655. The van der Waals surface area contributed by atoms with Crippen molar-refractivity contribution in [2.45, 2.75) is 88.9 Å². The van der Waals surface area contributed by atoms with Gasteiger partial charge >= 0.3 is 6.09 Å². The number of hydrogen-bond acceptors (Lipinski definition) is 7. The smallest absolute Gasteiger partial charge is 0.410 e. The largest absolute Gasteiger partial charge is 0.492 e. The van der Waals surface area contributed by atoms with Crippen LogP contribution in [0.1, 0.15) is 80.8 Å². The van der Waals surface area contributed by atoms with E-state index in [0.29, 0.717) is 31.2 Å². The third-order valence-electron chi connectivity index (χ3n) is 9.12. The normalized spacial score (nSPS) is 25.4. The van der Waals surface area contributed by atoms with Crippen LogP contribution in [0, 0.1) is 0 Å². The van der Waals surface area contributed by atoms with E-state index in [-0.39, 0.29) is 29.7 Å². The van der Waals surface area contributed by atoms with E-state index in [1.54, 1.807) is 4.90 Å². The van der Waals surface area contributed by atoms with Crippen LogP contribution in [0.4, 0.5) is 4.79 Å². The van der Waals surface area contributed by atoms with Gasteiger partial charge in [0.1, 0.15) is 17.4 Å². The van der Waals surface area contributed by atoms with Gasteiger partial charge in [-0.1, -0.05) is 6.07 Å². The zero-order valence-electron chi connectivity index (χ0n) is 23.1. The van der Waals surface area contributed by atoms with Crippen LogP contribution >= 0.6 is 0 Å². The highest BCUT2D eigenvalue weighted by Gasteiger charge is 2.48. The minimum absolute atomic E-state index is 0.0663. The van der Waals surface area contributed by atoms with Crippen LogP contribution in [0.15, 0.2) is 12.1 Å².